The molecule has 0 aromatic carbocycles. The van der Waals surface area contributed by atoms with Crippen molar-refractivity contribution in [2.45, 2.75) is 39.0 Å². The molecule has 1 aliphatic rings. The van der Waals surface area contributed by atoms with Crippen molar-refractivity contribution in [3.8, 4) is 0 Å². The molecule has 0 radical (unpaired) electrons. The number of piperidine rings is 1. The topological polar surface area (TPSA) is 113 Å². The molecule has 1 saturated heterocycles. The number of carboxylic acid groups (broad SMARTS) is 1. The Kier molecular flexibility index (Phi) is 5.08. The molecule has 140 valence electrons. The average molecular weight is 360 g/mol. The number of aryl methyl sites for hydroxylation is 2. The summed E-state index contributed by atoms with van der Waals surface area (Å²) >= 11 is 0. The lowest BCUT2D eigenvalue weighted by Crippen LogP contribution is -2.51. The van der Waals surface area contributed by atoms with Crippen LogP contribution in [0.3, 0.4) is 0 Å². The van der Waals surface area contributed by atoms with Crippen LogP contribution in [0.1, 0.15) is 24.1 Å². The zero-order valence-corrected chi connectivity index (χ0v) is 15.4. The Bertz CT molecular complexity index is 828. The van der Waals surface area contributed by atoms with Crippen molar-refractivity contribution in [3.05, 3.63) is 17.3 Å². The molecular weight excluding hydrogens is 336 g/mol. The molecule has 1 fully saturated rings. The van der Waals surface area contributed by atoms with Crippen molar-refractivity contribution in [2.75, 3.05) is 31.3 Å². The molecule has 9 heteroatoms. The smallest absolute Gasteiger partial charge is 0.408 e. The van der Waals surface area contributed by atoms with Crippen LogP contribution in [0.4, 0.5) is 16.6 Å². The highest BCUT2D eigenvalue weighted by atomic mass is 16.5. The Balaban J connectivity index is 1.97. The molecule has 0 spiro atoms. The standard InChI is InChI=1S/C17H24N6O3/c1-9-7-10(2)19-15-13(9)14(18-3)21-16(22-15)20-12-8-11(26-4)5-6-23(12)17(24)25/h7,11-12H,5-6,8H2,1-4H3,(H,24,25)(H2,18,19,20,21,22). The van der Waals surface area contributed by atoms with E-state index in [1.807, 2.05) is 19.9 Å². The van der Waals surface area contributed by atoms with Crippen LogP contribution in [-0.2, 0) is 4.74 Å². The fourth-order valence-corrected chi connectivity index (χ4v) is 3.39. The first-order valence-electron chi connectivity index (χ1n) is 8.55. The second-order valence-electron chi connectivity index (χ2n) is 6.44. The van der Waals surface area contributed by atoms with E-state index < -0.39 is 12.3 Å². The van der Waals surface area contributed by atoms with Crippen LogP contribution >= 0.6 is 0 Å². The van der Waals surface area contributed by atoms with E-state index in [0.717, 1.165) is 16.6 Å². The van der Waals surface area contributed by atoms with Crippen molar-refractivity contribution in [2.24, 2.45) is 0 Å². The van der Waals surface area contributed by atoms with Crippen LogP contribution in [-0.4, -0.2) is 64.0 Å². The summed E-state index contributed by atoms with van der Waals surface area (Å²) in [7, 11) is 3.43. The minimum atomic E-state index is -0.975. The number of methoxy groups -OCH3 is 1. The number of ether oxygens (including phenoxy) is 1. The SMILES string of the molecule is CNc1nc(NC2CC(OC)CCN2C(=O)O)nc2nc(C)cc(C)c12. The Morgan fingerprint density at radius 1 is 1.35 bits per heavy atom. The number of hydrogen-bond donors (Lipinski definition) is 3. The van der Waals surface area contributed by atoms with Gasteiger partial charge in [-0.3, -0.25) is 4.90 Å². The maximum atomic E-state index is 11.6. The molecule has 0 saturated carbocycles. The molecule has 0 aliphatic carbocycles. The predicted octanol–water partition coefficient (Wildman–Crippen LogP) is 2.21. The number of anilines is 2. The molecule has 0 bridgehead atoms. The zero-order chi connectivity index (χ0) is 18.8. The van der Waals surface area contributed by atoms with E-state index in [0.29, 0.717) is 36.8 Å². The first kappa shape index (κ1) is 18.1. The maximum Gasteiger partial charge on any atom is 0.408 e. The third kappa shape index (κ3) is 3.48. The summed E-state index contributed by atoms with van der Waals surface area (Å²) in [6.45, 7) is 4.30. The first-order valence-corrected chi connectivity index (χ1v) is 8.55. The van der Waals surface area contributed by atoms with Gasteiger partial charge in [-0.25, -0.2) is 9.78 Å². The third-order valence-corrected chi connectivity index (χ3v) is 4.66. The van der Waals surface area contributed by atoms with Gasteiger partial charge in [-0.05, 0) is 31.9 Å². The summed E-state index contributed by atoms with van der Waals surface area (Å²) in [6, 6.07) is 1.98. The number of nitrogens with zero attached hydrogens (tertiary/aromatic N) is 4. The lowest BCUT2D eigenvalue weighted by Gasteiger charge is -2.37. The van der Waals surface area contributed by atoms with Crippen LogP contribution in [0.15, 0.2) is 6.07 Å². The minimum absolute atomic E-state index is 0.00468. The quantitative estimate of drug-likeness (QED) is 0.761. The second kappa shape index (κ2) is 7.28. The van der Waals surface area contributed by atoms with Crippen molar-refractivity contribution in [1.29, 1.82) is 0 Å². The summed E-state index contributed by atoms with van der Waals surface area (Å²) < 4.78 is 5.41. The Morgan fingerprint density at radius 3 is 2.77 bits per heavy atom. The van der Waals surface area contributed by atoms with Crippen molar-refractivity contribution >= 4 is 28.9 Å². The molecule has 3 heterocycles. The fourth-order valence-electron chi connectivity index (χ4n) is 3.39. The highest BCUT2D eigenvalue weighted by Gasteiger charge is 2.32. The normalized spacial score (nSPS) is 20.2. The van der Waals surface area contributed by atoms with Gasteiger partial charge in [-0.1, -0.05) is 0 Å². The highest BCUT2D eigenvalue weighted by molar-refractivity contribution is 5.90. The number of aromatic nitrogens is 3. The van der Waals surface area contributed by atoms with Gasteiger partial charge in [0.1, 0.15) is 12.0 Å². The Hall–Kier alpha value is -2.68. The molecule has 26 heavy (non-hydrogen) atoms. The van der Waals surface area contributed by atoms with Gasteiger partial charge >= 0.3 is 6.09 Å². The van der Waals surface area contributed by atoms with Gasteiger partial charge in [0.25, 0.3) is 0 Å². The van der Waals surface area contributed by atoms with E-state index in [-0.39, 0.29) is 6.10 Å². The molecular formula is C17H24N6O3. The number of carbonyl (C=O) groups is 1. The van der Waals surface area contributed by atoms with E-state index in [9.17, 15) is 9.90 Å². The summed E-state index contributed by atoms with van der Waals surface area (Å²) in [5, 5.41) is 16.6. The number of pyridine rings is 1. The maximum absolute atomic E-state index is 11.6. The fraction of sp³-hybridized carbons (Fsp3) is 0.529. The molecule has 1 amide bonds. The van der Waals surface area contributed by atoms with E-state index >= 15 is 0 Å². The molecule has 2 aromatic heterocycles. The summed E-state index contributed by atoms with van der Waals surface area (Å²) in [6.07, 6.45) is -0.244. The van der Waals surface area contributed by atoms with E-state index in [1.54, 1.807) is 14.2 Å². The Morgan fingerprint density at radius 2 is 2.12 bits per heavy atom. The van der Waals surface area contributed by atoms with Crippen LogP contribution in [0.2, 0.25) is 0 Å². The van der Waals surface area contributed by atoms with Gasteiger partial charge in [0.05, 0.1) is 11.5 Å². The van der Waals surface area contributed by atoms with Gasteiger partial charge in [-0.15, -0.1) is 0 Å². The zero-order valence-electron chi connectivity index (χ0n) is 15.4. The van der Waals surface area contributed by atoms with Crippen LogP contribution in [0.25, 0.3) is 11.0 Å². The minimum Gasteiger partial charge on any atom is -0.465 e. The van der Waals surface area contributed by atoms with E-state index in [4.69, 9.17) is 4.74 Å². The number of hydrogen-bond acceptors (Lipinski definition) is 7. The third-order valence-electron chi connectivity index (χ3n) is 4.66. The lowest BCUT2D eigenvalue weighted by atomic mass is 10.1. The van der Waals surface area contributed by atoms with Crippen molar-refractivity contribution < 1.29 is 14.6 Å². The molecule has 9 nitrogen and oxygen atoms in total. The summed E-state index contributed by atoms with van der Waals surface area (Å²) in [5.41, 5.74) is 2.48. The molecule has 3 N–H and O–H groups in total. The number of amides is 1. The monoisotopic (exact) mass is 360 g/mol. The Labute approximate surface area is 151 Å². The highest BCUT2D eigenvalue weighted by Crippen LogP contribution is 2.26. The van der Waals surface area contributed by atoms with E-state index in [1.165, 1.54) is 4.90 Å². The van der Waals surface area contributed by atoms with Gasteiger partial charge < -0.3 is 20.5 Å². The molecule has 1 aliphatic heterocycles. The summed E-state index contributed by atoms with van der Waals surface area (Å²) in [4.78, 5) is 26.4. The molecule has 2 atom stereocenters. The van der Waals surface area contributed by atoms with Crippen LogP contribution < -0.4 is 10.6 Å². The van der Waals surface area contributed by atoms with Gasteiger partial charge in [-0.2, -0.15) is 9.97 Å². The van der Waals surface area contributed by atoms with Crippen LogP contribution in [0.5, 0.6) is 0 Å². The van der Waals surface area contributed by atoms with Gasteiger partial charge in [0, 0.05) is 32.8 Å². The first-order chi connectivity index (χ1) is 12.4. The lowest BCUT2D eigenvalue weighted by molar-refractivity contribution is 0.0218. The predicted molar refractivity (Wildman–Crippen MR) is 98.5 cm³/mol. The van der Waals surface area contributed by atoms with Gasteiger partial charge in [0.15, 0.2) is 5.65 Å². The van der Waals surface area contributed by atoms with Crippen LogP contribution in [0, 0.1) is 13.8 Å². The largest absolute Gasteiger partial charge is 0.465 e. The molecule has 3 rings (SSSR count). The number of likely N-dealkylation sites (tertiary alicyclic amines) is 1. The number of nitrogens with one attached hydrogen (secondary N) is 2. The average Bonchev–Trinajstić information content (AvgIpc) is 2.60. The van der Waals surface area contributed by atoms with Crippen molar-refractivity contribution in [3.63, 3.8) is 0 Å². The molecule has 2 unspecified atom stereocenters. The van der Waals surface area contributed by atoms with E-state index in [2.05, 4.69) is 25.6 Å². The summed E-state index contributed by atoms with van der Waals surface area (Å²) in [5.74, 6) is 0.996. The molecule has 2 aromatic rings. The van der Waals surface area contributed by atoms with Gasteiger partial charge in [0.2, 0.25) is 5.95 Å². The second-order valence-corrected chi connectivity index (χ2v) is 6.44. The number of rotatable bonds is 4. The number of fused-ring (bicyclic) bond motifs is 1. The van der Waals surface area contributed by atoms with Crippen molar-refractivity contribution in [1.82, 2.24) is 19.9 Å².